The van der Waals surface area contributed by atoms with Crippen LogP contribution >= 0.6 is 0 Å². The van der Waals surface area contributed by atoms with Crippen molar-refractivity contribution in [2.75, 3.05) is 24.1 Å². The molecule has 7 heteroatoms. The van der Waals surface area contributed by atoms with Gasteiger partial charge in [-0.25, -0.2) is 9.78 Å². The second-order valence-electron chi connectivity index (χ2n) is 7.19. The number of aromatic nitrogens is 1. The van der Waals surface area contributed by atoms with Crippen molar-refractivity contribution in [2.45, 2.75) is 40.2 Å². The average molecular weight is 372 g/mol. The van der Waals surface area contributed by atoms with Crippen molar-refractivity contribution >= 4 is 17.5 Å². The number of nitrogens with two attached hydrogens (primary N) is 1. The number of para-hydroxylation sites is 1. The van der Waals surface area contributed by atoms with E-state index < -0.39 is 11.7 Å². The summed E-state index contributed by atoms with van der Waals surface area (Å²) in [5, 5.41) is 5.96. The van der Waals surface area contributed by atoms with E-state index in [-0.39, 0.29) is 0 Å². The minimum atomic E-state index is -0.523. The molecule has 4 N–H and O–H groups in total. The quantitative estimate of drug-likeness (QED) is 0.663. The number of benzene rings is 1. The van der Waals surface area contributed by atoms with Crippen molar-refractivity contribution in [3.05, 3.63) is 41.6 Å². The third kappa shape index (κ3) is 6.06. The highest BCUT2D eigenvalue weighted by molar-refractivity contribution is 5.75. The van der Waals surface area contributed by atoms with Gasteiger partial charge in [0.25, 0.3) is 0 Å². The lowest BCUT2D eigenvalue weighted by atomic mass is 10.1. The maximum atomic E-state index is 11.7. The summed E-state index contributed by atoms with van der Waals surface area (Å²) >= 11 is 0. The Morgan fingerprint density at radius 3 is 2.44 bits per heavy atom. The van der Waals surface area contributed by atoms with Gasteiger partial charge in [-0.15, -0.1) is 0 Å². The van der Waals surface area contributed by atoms with Gasteiger partial charge in [-0.3, -0.25) is 0 Å². The molecule has 2 aromatic rings. The number of anilines is 2. The summed E-state index contributed by atoms with van der Waals surface area (Å²) in [6.45, 7) is 10.2. The SMILES string of the molecule is Cc1nc(Oc2ccccc2)c(N)c(NCCNC(=O)OC(C)(C)C)c1C. The highest BCUT2D eigenvalue weighted by Crippen LogP contribution is 2.34. The van der Waals surface area contributed by atoms with Crippen molar-refractivity contribution in [3.8, 4) is 11.6 Å². The van der Waals surface area contributed by atoms with Crippen molar-refractivity contribution < 1.29 is 14.3 Å². The van der Waals surface area contributed by atoms with Crippen LogP contribution in [0.1, 0.15) is 32.0 Å². The number of hydrogen-bond donors (Lipinski definition) is 3. The minimum Gasteiger partial charge on any atom is -0.444 e. The van der Waals surface area contributed by atoms with Crippen LogP contribution in [0.15, 0.2) is 30.3 Å². The molecule has 1 aromatic carbocycles. The Morgan fingerprint density at radius 1 is 1.15 bits per heavy atom. The number of alkyl carbamates (subject to hydrolysis) is 1. The van der Waals surface area contributed by atoms with Crippen LogP contribution in [0.5, 0.6) is 11.6 Å². The molecule has 1 aromatic heterocycles. The summed E-state index contributed by atoms with van der Waals surface area (Å²) < 4.78 is 11.0. The van der Waals surface area contributed by atoms with E-state index in [0.717, 1.165) is 16.9 Å². The van der Waals surface area contributed by atoms with Crippen molar-refractivity contribution in [1.29, 1.82) is 0 Å². The molecule has 7 nitrogen and oxygen atoms in total. The minimum absolute atomic E-state index is 0.354. The van der Waals surface area contributed by atoms with Crippen molar-refractivity contribution in [1.82, 2.24) is 10.3 Å². The maximum Gasteiger partial charge on any atom is 0.407 e. The van der Waals surface area contributed by atoms with Gasteiger partial charge in [0.05, 0.1) is 5.69 Å². The standard InChI is InChI=1S/C20H28N4O3/c1-13-14(2)24-18(26-15-9-7-6-8-10-15)16(21)17(13)22-11-12-23-19(25)27-20(3,4)5/h6-10H,11-12,21H2,1-5H3,(H,22,24)(H,23,25). The van der Waals surface area contributed by atoms with Gasteiger partial charge in [-0.05, 0) is 52.3 Å². The summed E-state index contributed by atoms with van der Waals surface area (Å²) in [5.74, 6) is 1.02. The summed E-state index contributed by atoms with van der Waals surface area (Å²) in [6.07, 6.45) is -0.451. The van der Waals surface area contributed by atoms with Gasteiger partial charge >= 0.3 is 6.09 Å². The summed E-state index contributed by atoms with van der Waals surface area (Å²) in [7, 11) is 0. The molecular formula is C20H28N4O3. The van der Waals surface area contributed by atoms with E-state index in [1.807, 2.05) is 65.0 Å². The first-order valence-corrected chi connectivity index (χ1v) is 8.87. The van der Waals surface area contributed by atoms with Crippen LogP contribution < -0.4 is 21.1 Å². The number of nitrogens with one attached hydrogen (secondary N) is 2. The fourth-order valence-electron chi connectivity index (χ4n) is 2.36. The zero-order valence-electron chi connectivity index (χ0n) is 16.6. The molecule has 1 amide bonds. The highest BCUT2D eigenvalue weighted by Gasteiger charge is 2.17. The number of amides is 1. The molecule has 0 spiro atoms. The topological polar surface area (TPSA) is 98.5 Å². The van der Waals surface area contributed by atoms with Crippen LogP contribution in [0, 0.1) is 13.8 Å². The number of nitrogens with zero attached hydrogens (tertiary/aromatic N) is 1. The molecular weight excluding hydrogens is 344 g/mol. The van der Waals surface area contributed by atoms with Gasteiger partial charge in [0.2, 0.25) is 5.88 Å². The van der Waals surface area contributed by atoms with Gasteiger partial charge in [0.1, 0.15) is 17.0 Å². The molecule has 2 rings (SSSR count). The van der Waals surface area contributed by atoms with Gasteiger partial charge in [-0.1, -0.05) is 18.2 Å². The van der Waals surface area contributed by atoms with E-state index in [4.69, 9.17) is 15.2 Å². The van der Waals surface area contributed by atoms with Gasteiger partial charge in [0, 0.05) is 18.8 Å². The lowest BCUT2D eigenvalue weighted by Crippen LogP contribution is -2.35. The summed E-state index contributed by atoms with van der Waals surface area (Å²) in [6, 6.07) is 9.36. The lowest BCUT2D eigenvalue weighted by Gasteiger charge is -2.20. The molecule has 0 unspecified atom stereocenters. The molecule has 0 bridgehead atoms. The van der Waals surface area contributed by atoms with Crippen LogP contribution in [0.2, 0.25) is 0 Å². The largest absolute Gasteiger partial charge is 0.444 e. The van der Waals surface area contributed by atoms with Crippen LogP contribution in [-0.2, 0) is 4.74 Å². The Kier molecular flexibility index (Phi) is 6.50. The zero-order valence-corrected chi connectivity index (χ0v) is 16.6. The van der Waals surface area contributed by atoms with Gasteiger partial charge in [0.15, 0.2) is 0 Å². The van der Waals surface area contributed by atoms with Crippen molar-refractivity contribution in [2.24, 2.45) is 0 Å². The van der Waals surface area contributed by atoms with E-state index in [1.165, 1.54) is 0 Å². The lowest BCUT2D eigenvalue weighted by molar-refractivity contribution is 0.0530. The van der Waals surface area contributed by atoms with Crippen LogP contribution in [-0.4, -0.2) is 29.8 Å². The first-order valence-electron chi connectivity index (χ1n) is 8.87. The number of pyridine rings is 1. The Labute approximate surface area is 160 Å². The second-order valence-corrected chi connectivity index (χ2v) is 7.19. The number of carbonyl (C=O) groups is 1. The predicted molar refractivity (Wildman–Crippen MR) is 107 cm³/mol. The molecule has 27 heavy (non-hydrogen) atoms. The molecule has 0 fully saturated rings. The average Bonchev–Trinajstić information content (AvgIpc) is 2.58. The van der Waals surface area contributed by atoms with Crippen LogP contribution in [0.25, 0.3) is 0 Å². The number of nitrogen functional groups attached to an aromatic ring is 1. The predicted octanol–water partition coefficient (Wildman–Crippen LogP) is 4.01. The number of carbonyl (C=O) groups excluding carboxylic acids is 1. The van der Waals surface area contributed by atoms with Crippen LogP contribution in [0.4, 0.5) is 16.2 Å². The smallest absolute Gasteiger partial charge is 0.407 e. The summed E-state index contributed by atoms with van der Waals surface area (Å²) in [5.41, 5.74) is 8.67. The molecule has 1 heterocycles. The van der Waals surface area contributed by atoms with Gasteiger partial charge in [-0.2, -0.15) is 0 Å². The third-order valence-electron chi connectivity index (χ3n) is 3.74. The monoisotopic (exact) mass is 372 g/mol. The zero-order chi connectivity index (χ0) is 20.0. The van der Waals surface area contributed by atoms with E-state index in [2.05, 4.69) is 15.6 Å². The van der Waals surface area contributed by atoms with Crippen LogP contribution in [0.3, 0.4) is 0 Å². The number of ether oxygens (including phenoxy) is 2. The number of rotatable bonds is 6. The van der Waals surface area contributed by atoms with Gasteiger partial charge < -0.3 is 25.8 Å². The molecule has 0 saturated heterocycles. The Balaban J connectivity index is 2.02. The fourth-order valence-corrected chi connectivity index (χ4v) is 2.36. The normalized spacial score (nSPS) is 11.0. The van der Waals surface area contributed by atoms with E-state index in [0.29, 0.717) is 30.4 Å². The number of aryl methyl sites for hydroxylation is 1. The fraction of sp³-hybridized carbons (Fsp3) is 0.400. The third-order valence-corrected chi connectivity index (χ3v) is 3.74. The second kappa shape index (κ2) is 8.62. The van der Waals surface area contributed by atoms with Crippen molar-refractivity contribution in [3.63, 3.8) is 0 Å². The van der Waals surface area contributed by atoms with E-state index in [1.54, 1.807) is 0 Å². The molecule has 0 aliphatic carbocycles. The summed E-state index contributed by atoms with van der Waals surface area (Å²) in [4.78, 5) is 16.1. The first kappa shape index (κ1) is 20.4. The molecule has 0 aliphatic rings. The van der Waals surface area contributed by atoms with E-state index in [9.17, 15) is 4.79 Å². The Morgan fingerprint density at radius 2 is 1.81 bits per heavy atom. The van der Waals surface area contributed by atoms with E-state index >= 15 is 0 Å². The molecule has 146 valence electrons. The molecule has 0 aliphatic heterocycles. The molecule has 0 radical (unpaired) electrons. The molecule has 0 saturated carbocycles. The molecule has 0 atom stereocenters. The Hall–Kier alpha value is -2.96. The highest BCUT2D eigenvalue weighted by atomic mass is 16.6. The number of hydrogen-bond acceptors (Lipinski definition) is 6. The maximum absolute atomic E-state index is 11.7. The first-order chi connectivity index (χ1) is 12.7. The Bertz CT molecular complexity index is 786.